The van der Waals surface area contributed by atoms with Crippen LogP contribution in [0.5, 0.6) is 5.75 Å². The average Bonchev–Trinajstić information content (AvgIpc) is 3.24. The summed E-state index contributed by atoms with van der Waals surface area (Å²) in [5, 5.41) is 10.0. The molecule has 1 unspecified atom stereocenters. The van der Waals surface area contributed by atoms with Gasteiger partial charge in [0.25, 0.3) is 0 Å². The minimum atomic E-state index is -0.395. The number of anilines is 3. The van der Waals surface area contributed by atoms with Crippen molar-refractivity contribution in [3.63, 3.8) is 0 Å². The molecule has 40 heavy (non-hydrogen) atoms. The highest BCUT2D eigenvalue weighted by molar-refractivity contribution is 8.00. The zero-order chi connectivity index (χ0) is 28.5. The van der Waals surface area contributed by atoms with Gasteiger partial charge in [-0.1, -0.05) is 31.0 Å². The summed E-state index contributed by atoms with van der Waals surface area (Å²) in [6.45, 7) is 3.96. The number of hydrogen-bond donors (Lipinski definition) is 3. The van der Waals surface area contributed by atoms with Crippen LogP contribution in [0.1, 0.15) is 60.3 Å². The van der Waals surface area contributed by atoms with Crippen LogP contribution in [0, 0.1) is 0 Å². The lowest BCUT2D eigenvalue weighted by Gasteiger charge is -2.15. The number of carbonyl (C=O) groups is 2. The van der Waals surface area contributed by atoms with E-state index in [-0.39, 0.29) is 11.9 Å². The van der Waals surface area contributed by atoms with Crippen molar-refractivity contribution in [1.29, 1.82) is 0 Å². The maximum absolute atomic E-state index is 13.3. The zero-order valence-electron chi connectivity index (χ0n) is 23.0. The van der Waals surface area contributed by atoms with Gasteiger partial charge in [-0.05, 0) is 87.6 Å². The first kappa shape index (κ1) is 29.9. The van der Waals surface area contributed by atoms with Crippen LogP contribution in [0.3, 0.4) is 0 Å². The Balaban J connectivity index is 1.42. The largest absolute Gasteiger partial charge is 0.495 e. The van der Waals surface area contributed by atoms with E-state index in [9.17, 15) is 9.59 Å². The van der Waals surface area contributed by atoms with Gasteiger partial charge in [-0.2, -0.15) is 0 Å². The SMILES string of the molecule is CCOC(=O)c1c(NC(=O)C(C)Sc2cccc(NC(=S)Nc3ccccc3OC)c2)sc2c1CCCCCC2. The van der Waals surface area contributed by atoms with E-state index in [0.717, 1.165) is 53.9 Å². The van der Waals surface area contributed by atoms with Gasteiger partial charge in [-0.3, -0.25) is 4.79 Å². The molecule has 1 heterocycles. The molecule has 212 valence electrons. The van der Waals surface area contributed by atoms with Gasteiger partial charge >= 0.3 is 5.97 Å². The third-order valence-corrected chi connectivity index (χ3v) is 9.02. The number of aryl methyl sites for hydroxylation is 1. The van der Waals surface area contributed by atoms with Crippen LogP contribution in [-0.2, 0) is 22.4 Å². The molecule has 0 saturated heterocycles. The summed E-state index contributed by atoms with van der Waals surface area (Å²) in [7, 11) is 1.61. The molecule has 0 aliphatic heterocycles. The van der Waals surface area contributed by atoms with Crippen LogP contribution < -0.4 is 20.7 Å². The molecule has 4 rings (SSSR count). The highest BCUT2D eigenvalue weighted by Gasteiger charge is 2.27. The molecular weight excluding hydrogens is 563 g/mol. The Kier molecular flexibility index (Phi) is 10.9. The summed E-state index contributed by atoms with van der Waals surface area (Å²) in [6, 6.07) is 15.3. The fourth-order valence-corrected chi connectivity index (χ4v) is 7.01. The van der Waals surface area contributed by atoms with Gasteiger partial charge in [-0.15, -0.1) is 23.1 Å². The van der Waals surface area contributed by atoms with Gasteiger partial charge < -0.3 is 25.4 Å². The Labute approximate surface area is 249 Å². The van der Waals surface area contributed by atoms with Crippen LogP contribution in [-0.4, -0.2) is 36.0 Å². The number of para-hydroxylation sites is 2. The minimum Gasteiger partial charge on any atom is -0.495 e. The number of ether oxygens (including phenoxy) is 2. The molecule has 0 fully saturated rings. The normalized spacial score (nSPS) is 13.7. The Bertz CT molecular complexity index is 1360. The molecule has 0 spiro atoms. The van der Waals surface area contributed by atoms with Crippen molar-refractivity contribution in [2.75, 3.05) is 29.7 Å². The van der Waals surface area contributed by atoms with Gasteiger partial charge in [0.15, 0.2) is 5.11 Å². The maximum Gasteiger partial charge on any atom is 0.341 e. The number of benzene rings is 2. The number of thiophene rings is 1. The number of rotatable bonds is 9. The summed E-state index contributed by atoms with van der Waals surface area (Å²) in [5.74, 6) is 0.184. The molecule has 1 amide bonds. The van der Waals surface area contributed by atoms with Crippen molar-refractivity contribution < 1.29 is 19.1 Å². The first-order valence-electron chi connectivity index (χ1n) is 13.5. The van der Waals surface area contributed by atoms with E-state index < -0.39 is 5.25 Å². The molecule has 10 heteroatoms. The second-order valence-corrected chi connectivity index (χ2v) is 12.3. The summed E-state index contributed by atoms with van der Waals surface area (Å²) < 4.78 is 10.8. The molecule has 0 radical (unpaired) electrons. The van der Waals surface area contributed by atoms with Gasteiger partial charge in [0.05, 0.1) is 30.2 Å². The van der Waals surface area contributed by atoms with Crippen LogP contribution in [0.25, 0.3) is 0 Å². The Morgan fingerprint density at radius 2 is 1.80 bits per heavy atom. The number of fused-ring (bicyclic) bond motifs is 1. The molecule has 1 atom stereocenters. The Morgan fingerprint density at radius 3 is 2.58 bits per heavy atom. The number of amides is 1. The molecule has 1 aliphatic carbocycles. The van der Waals surface area contributed by atoms with E-state index in [2.05, 4.69) is 16.0 Å². The third kappa shape index (κ3) is 7.77. The van der Waals surface area contributed by atoms with Crippen molar-refractivity contribution in [3.8, 4) is 5.75 Å². The summed E-state index contributed by atoms with van der Waals surface area (Å²) in [6.07, 6.45) is 6.25. The smallest absolute Gasteiger partial charge is 0.341 e. The molecule has 2 aromatic carbocycles. The second-order valence-electron chi connectivity index (χ2n) is 9.40. The molecular formula is C30H35N3O4S3. The maximum atomic E-state index is 13.3. The number of hydrogen-bond acceptors (Lipinski definition) is 7. The second kappa shape index (κ2) is 14.5. The molecule has 1 aromatic heterocycles. The number of nitrogens with one attached hydrogen (secondary N) is 3. The summed E-state index contributed by atoms with van der Waals surface area (Å²) in [5.41, 5.74) is 3.15. The lowest BCUT2D eigenvalue weighted by molar-refractivity contribution is -0.115. The van der Waals surface area contributed by atoms with Gasteiger partial charge in [-0.25, -0.2) is 4.79 Å². The monoisotopic (exact) mass is 597 g/mol. The van der Waals surface area contributed by atoms with Gasteiger partial charge in [0, 0.05) is 15.5 Å². The molecule has 1 aliphatic rings. The van der Waals surface area contributed by atoms with Crippen molar-refractivity contribution in [2.24, 2.45) is 0 Å². The summed E-state index contributed by atoms with van der Waals surface area (Å²) >= 11 is 8.45. The molecule has 3 aromatic rings. The van der Waals surface area contributed by atoms with E-state index in [0.29, 0.717) is 28.0 Å². The number of carbonyl (C=O) groups excluding carboxylic acids is 2. The van der Waals surface area contributed by atoms with Gasteiger partial charge in [0.1, 0.15) is 10.8 Å². The number of methoxy groups -OCH3 is 1. The zero-order valence-corrected chi connectivity index (χ0v) is 25.5. The Morgan fingerprint density at radius 1 is 1.02 bits per heavy atom. The van der Waals surface area contributed by atoms with Crippen LogP contribution in [0.15, 0.2) is 53.4 Å². The lowest BCUT2D eigenvalue weighted by atomic mass is 9.96. The van der Waals surface area contributed by atoms with E-state index in [1.807, 2.05) is 55.5 Å². The third-order valence-electron chi connectivity index (χ3n) is 6.52. The standard InChI is InChI=1S/C30H35N3O4S3/c1-4-37-29(35)26-22-14-7-5-6-8-17-25(22)40-28(26)33-27(34)19(2)39-21-13-11-12-20(18-21)31-30(38)32-23-15-9-10-16-24(23)36-3/h9-13,15-16,18-19H,4-8,14,17H2,1-3H3,(H,33,34)(H2,31,32,38). The fourth-order valence-electron chi connectivity index (χ4n) is 4.58. The topological polar surface area (TPSA) is 88.7 Å². The number of esters is 1. The van der Waals surface area contributed by atoms with Crippen molar-refractivity contribution >= 4 is 68.7 Å². The predicted molar refractivity (Wildman–Crippen MR) is 169 cm³/mol. The van der Waals surface area contributed by atoms with Crippen LogP contribution in [0.4, 0.5) is 16.4 Å². The molecule has 3 N–H and O–H groups in total. The summed E-state index contributed by atoms with van der Waals surface area (Å²) in [4.78, 5) is 28.3. The van der Waals surface area contributed by atoms with Crippen LogP contribution >= 0.6 is 35.3 Å². The van der Waals surface area contributed by atoms with E-state index >= 15 is 0 Å². The highest BCUT2D eigenvalue weighted by atomic mass is 32.2. The van der Waals surface area contributed by atoms with E-state index in [1.165, 1.54) is 34.4 Å². The van der Waals surface area contributed by atoms with Crippen molar-refractivity contribution in [1.82, 2.24) is 0 Å². The highest BCUT2D eigenvalue weighted by Crippen LogP contribution is 2.38. The number of thioether (sulfide) groups is 1. The van der Waals surface area contributed by atoms with Crippen molar-refractivity contribution in [2.45, 2.75) is 62.5 Å². The predicted octanol–water partition coefficient (Wildman–Crippen LogP) is 7.52. The van der Waals surface area contributed by atoms with E-state index in [4.69, 9.17) is 21.7 Å². The first-order chi connectivity index (χ1) is 19.4. The number of thiocarbonyl (C=S) groups is 1. The molecule has 7 nitrogen and oxygen atoms in total. The minimum absolute atomic E-state index is 0.156. The van der Waals surface area contributed by atoms with Crippen molar-refractivity contribution in [3.05, 3.63) is 64.5 Å². The van der Waals surface area contributed by atoms with E-state index in [1.54, 1.807) is 14.0 Å². The Hall–Kier alpha value is -3.08. The first-order valence-corrected chi connectivity index (χ1v) is 15.6. The molecule has 0 bridgehead atoms. The molecule has 0 saturated carbocycles. The van der Waals surface area contributed by atoms with Crippen LogP contribution in [0.2, 0.25) is 0 Å². The average molecular weight is 598 g/mol. The quantitative estimate of drug-likeness (QED) is 0.133. The fraction of sp³-hybridized carbons (Fsp3) is 0.367. The lowest BCUT2D eigenvalue weighted by Crippen LogP contribution is -2.23. The van der Waals surface area contributed by atoms with Gasteiger partial charge in [0.2, 0.25) is 5.91 Å².